The molecule has 2 rings (SSSR count). The first-order chi connectivity index (χ1) is 7.09. The first-order valence-corrected chi connectivity index (χ1v) is 5.58. The topological polar surface area (TPSA) is 12.9 Å². The Balaban J connectivity index is 2.20. The second-order valence-corrected chi connectivity index (χ2v) is 4.94. The van der Waals surface area contributed by atoms with Crippen LogP contribution in [0.4, 0.5) is 0 Å². The van der Waals surface area contributed by atoms with Gasteiger partial charge in [-0.05, 0) is 49.3 Å². The summed E-state index contributed by atoms with van der Waals surface area (Å²) in [6.45, 7) is 6.59. The summed E-state index contributed by atoms with van der Waals surface area (Å²) in [6.07, 6.45) is 4.34. The van der Waals surface area contributed by atoms with Crippen molar-refractivity contribution in [3.05, 3.63) is 29.6 Å². The average Bonchev–Trinajstić information content (AvgIpc) is 2.95. The Labute approximate surface area is 91.9 Å². The van der Waals surface area contributed by atoms with Crippen molar-refractivity contribution in [2.45, 2.75) is 39.5 Å². The third-order valence-electron chi connectivity index (χ3n) is 2.94. The van der Waals surface area contributed by atoms with E-state index in [1.54, 1.807) is 0 Å². The molecule has 1 nitrogen and oxygen atoms in total. The van der Waals surface area contributed by atoms with Crippen molar-refractivity contribution in [1.82, 2.24) is 4.98 Å². The molecule has 1 aliphatic rings. The SMILES string of the molecule is CC(C)c1ccnc(C#CC2(C)CC2)c1. The van der Waals surface area contributed by atoms with Crippen LogP contribution < -0.4 is 0 Å². The summed E-state index contributed by atoms with van der Waals surface area (Å²) in [5.74, 6) is 7.03. The number of pyridine rings is 1. The summed E-state index contributed by atoms with van der Waals surface area (Å²) < 4.78 is 0. The van der Waals surface area contributed by atoms with Crippen LogP contribution in [-0.4, -0.2) is 4.98 Å². The summed E-state index contributed by atoms with van der Waals surface area (Å²) >= 11 is 0. The molecule has 0 aliphatic heterocycles. The van der Waals surface area contributed by atoms with Crippen LogP contribution in [0, 0.1) is 17.3 Å². The molecule has 78 valence electrons. The second kappa shape index (κ2) is 3.70. The van der Waals surface area contributed by atoms with Gasteiger partial charge in [0, 0.05) is 11.6 Å². The molecule has 0 radical (unpaired) electrons. The van der Waals surface area contributed by atoms with E-state index in [2.05, 4.69) is 49.7 Å². The van der Waals surface area contributed by atoms with Crippen molar-refractivity contribution in [2.24, 2.45) is 5.41 Å². The van der Waals surface area contributed by atoms with Crippen LogP contribution >= 0.6 is 0 Å². The zero-order valence-electron chi connectivity index (χ0n) is 9.67. The lowest BCUT2D eigenvalue weighted by Gasteiger charge is -2.04. The predicted octanol–water partition coefficient (Wildman–Crippen LogP) is 3.36. The highest BCUT2D eigenvalue weighted by molar-refractivity contribution is 5.34. The Morgan fingerprint density at radius 2 is 2.13 bits per heavy atom. The van der Waals surface area contributed by atoms with E-state index >= 15 is 0 Å². The van der Waals surface area contributed by atoms with Crippen molar-refractivity contribution < 1.29 is 0 Å². The van der Waals surface area contributed by atoms with E-state index in [-0.39, 0.29) is 5.41 Å². The molecule has 0 bridgehead atoms. The molecule has 15 heavy (non-hydrogen) atoms. The van der Waals surface area contributed by atoms with Gasteiger partial charge in [-0.3, -0.25) is 0 Å². The Hall–Kier alpha value is -1.29. The third-order valence-corrected chi connectivity index (χ3v) is 2.94. The molecule has 1 saturated carbocycles. The van der Waals surface area contributed by atoms with E-state index < -0.39 is 0 Å². The van der Waals surface area contributed by atoms with E-state index in [0.717, 1.165) is 5.69 Å². The van der Waals surface area contributed by atoms with E-state index in [4.69, 9.17) is 0 Å². The van der Waals surface area contributed by atoms with Gasteiger partial charge in [0.15, 0.2) is 0 Å². The van der Waals surface area contributed by atoms with Gasteiger partial charge in [-0.1, -0.05) is 19.8 Å². The lowest BCUT2D eigenvalue weighted by molar-refractivity contribution is 0.782. The minimum Gasteiger partial charge on any atom is -0.248 e. The maximum Gasteiger partial charge on any atom is 0.113 e. The van der Waals surface area contributed by atoms with Gasteiger partial charge >= 0.3 is 0 Å². The molecule has 0 saturated heterocycles. The van der Waals surface area contributed by atoms with Gasteiger partial charge in [0.2, 0.25) is 0 Å². The van der Waals surface area contributed by atoms with E-state index in [0.29, 0.717) is 5.92 Å². The molecule has 0 N–H and O–H groups in total. The van der Waals surface area contributed by atoms with Crippen LogP contribution in [0.3, 0.4) is 0 Å². The Morgan fingerprint density at radius 3 is 2.73 bits per heavy atom. The van der Waals surface area contributed by atoms with E-state index in [1.165, 1.54) is 18.4 Å². The zero-order valence-corrected chi connectivity index (χ0v) is 9.67. The van der Waals surface area contributed by atoms with Gasteiger partial charge in [-0.15, -0.1) is 0 Å². The second-order valence-electron chi connectivity index (χ2n) is 4.94. The smallest absolute Gasteiger partial charge is 0.113 e. The third kappa shape index (κ3) is 2.59. The Kier molecular flexibility index (Phi) is 2.52. The minimum atomic E-state index is 0.287. The van der Waals surface area contributed by atoms with Gasteiger partial charge < -0.3 is 0 Å². The lowest BCUT2D eigenvalue weighted by Crippen LogP contribution is -1.91. The summed E-state index contributed by atoms with van der Waals surface area (Å²) in [5, 5.41) is 0. The van der Waals surface area contributed by atoms with E-state index in [1.807, 2.05) is 6.20 Å². The Morgan fingerprint density at radius 1 is 1.40 bits per heavy atom. The normalized spacial score (nSPS) is 17.1. The summed E-state index contributed by atoms with van der Waals surface area (Å²) in [7, 11) is 0. The number of hydrogen-bond donors (Lipinski definition) is 0. The number of hydrogen-bond acceptors (Lipinski definition) is 1. The molecular weight excluding hydrogens is 182 g/mol. The molecule has 1 aromatic heterocycles. The molecule has 0 spiro atoms. The van der Waals surface area contributed by atoms with Gasteiger partial charge in [0.05, 0.1) is 0 Å². The van der Waals surface area contributed by atoms with Crippen LogP contribution in [0.5, 0.6) is 0 Å². The fraction of sp³-hybridized carbons (Fsp3) is 0.500. The van der Waals surface area contributed by atoms with Crippen LogP contribution in [0.15, 0.2) is 18.3 Å². The number of aromatic nitrogens is 1. The molecule has 1 fully saturated rings. The van der Waals surface area contributed by atoms with Crippen LogP contribution in [0.1, 0.15) is 50.8 Å². The largest absolute Gasteiger partial charge is 0.248 e. The highest BCUT2D eigenvalue weighted by atomic mass is 14.7. The average molecular weight is 199 g/mol. The van der Waals surface area contributed by atoms with Gasteiger partial charge in [-0.2, -0.15) is 0 Å². The summed E-state index contributed by atoms with van der Waals surface area (Å²) in [5.41, 5.74) is 2.51. The number of nitrogens with zero attached hydrogens (tertiary/aromatic N) is 1. The lowest BCUT2D eigenvalue weighted by atomic mass is 10.0. The molecule has 0 unspecified atom stereocenters. The maximum atomic E-state index is 4.28. The van der Waals surface area contributed by atoms with Crippen molar-refractivity contribution in [3.8, 4) is 11.8 Å². The van der Waals surface area contributed by atoms with Crippen LogP contribution in [0.2, 0.25) is 0 Å². The quantitative estimate of drug-likeness (QED) is 0.632. The molecule has 0 aromatic carbocycles. The maximum absolute atomic E-state index is 4.28. The molecule has 0 amide bonds. The molecule has 1 heteroatoms. The molecule has 0 atom stereocenters. The molecule has 1 heterocycles. The monoisotopic (exact) mass is 199 g/mol. The molecular formula is C14H17N. The minimum absolute atomic E-state index is 0.287. The van der Waals surface area contributed by atoms with Gasteiger partial charge in [0.25, 0.3) is 0 Å². The summed E-state index contributed by atoms with van der Waals surface area (Å²) in [4.78, 5) is 4.28. The Bertz CT molecular complexity index is 416. The first-order valence-electron chi connectivity index (χ1n) is 5.58. The molecule has 1 aromatic rings. The van der Waals surface area contributed by atoms with Crippen LogP contribution in [0.25, 0.3) is 0 Å². The van der Waals surface area contributed by atoms with E-state index in [9.17, 15) is 0 Å². The van der Waals surface area contributed by atoms with Crippen molar-refractivity contribution >= 4 is 0 Å². The zero-order chi connectivity index (χ0) is 10.9. The van der Waals surface area contributed by atoms with Crippen molar-refractivity contribution in [2.75, 3.05) is 0 Å². The van der Waals surface area contributed by atoms with Gasteiger partial charge in [0.1, 0.15) is 5.69 Å². The fourth-order valence-electron chi connectivity index (χ4n) is 1.40. The highest BCUT2D eigenvalue weighted by Gasteiger charge is 2.35. The standard InChI is InChI=1S/C14H17N/c1-11(2)12-5-9-15-13(10-12)4-6-14(3)7-8-14/h5,9-11H,7-8H2,1-3H3. The van der Waals surface area contributed by atoms with Crippen molar-refractivity contribution in [3.63, 3.8) is 0 Å². The van der Waals surface area contributed by atoms with Crippen molar-refractivity contribution in [1.29, 1.82) is 0 Å². The fourth-order valence-corrected chi connectivity index (χ4v) is 1.40. The van der Waals surface area contributed by atoms with Crippen LogP contribution in [-0.2, 0) is 0 Å². The summed E-state index contributed by atoms with van der Waals surface area (Å²) in [6, 6.07) is 4.16. The predicted molar refractivity (Wildman–Crippen MR) is 62.5 cm³/mol. The van der Waals surface area contributed by atoms with Gasteiger partial charge in [-0.25, -0.2) is 4.98 Å². The number of rotatable bonds is 1. The molecule has 1 aliphatic carbocycles. The highest BCUT2D eigenvalue weighted by Crippen LogP contribution is 2.44. The first kappa shape index (κ1) is 10.2.